The molecule has 1 aromatic heterocycles. The predicted octanol–water partition coefficient (Wildman–Crippen LogP) is 2.16. The fraction of sp³-hybridized carbons (Fsp3) is 0.692. The Labute approximate surface area is 108 Å². The highest BCUT2D eigenvalue weighted by molar-refractivity contribution is 5.38. The molecular formula is C13H21N3O2. The van der Waals surface area contributed by atoms with Crippen LogP contribution in [0.3, 0.4) is 0 Å². The SMILES string of the molecule is CCCOc1cc(NCC2CCCO2)nc(C)n1. The Morgan fingerprint density at radius 1 is 1.50 bits per heavy atom. The third-order valence-corrected chi connectivity index (χ3v) is 2.80. The van der Waals surface area contributed by atoms with Crippen molar-refractivity contribution in [1.82, 2.24) is 9.97 Å². The van der Waals surface area contributed by atoms with E-state index in [9.17, 15) is 0 Å². The van der Waals surface area contributed by atoms with Gasteiger partial charge in [0.05, 0.1) is 12.7 Å². The van der Waals surface area contributed by atoms with Gasteiger partial charge in [0.15, 0.2) is 0 Å². The molecule has 0 amide bonds. The molecule has 5 heteroatoms. The number of nitrogens with one attached hydrogen (secondary N) is 1. The highest BCUT2D eigenvalue weighted by Crippen LogP contribution is 2.16. The van der Waals surface area contributed by atoms with Crippen molar-refractivity contribution >= 4 is 5.82 Å². The molecule has 0 saturated carbocycles. The number of rotatable bonds is 6. The van der Waals surface area contributed by atoms with Crippen LogP contribution >= 0.6 is 0 Å². The first-order valence-electron chi connectivity index (χ1n) is 6.62. The minimum Gasteiger partial charge on any atom is -0.478 e. The lowest BCUT2D eigenvalue weighted by Gasteiger charge is -2.12. The van der Waals surface area contributed by atoms with E-state index in [1.54, 1.807) is 0 Å². The zero-order chi connectivity index (χ0) is 12.8. The van der Waals surface area contributed by atoms with Gasteiger partial charge >= 0.3 is 0 Å². The average molecular weight is 251 g/mol. The smallest absolute Gasteiger partial charge is 0.218 e. The highest BCUT2D eigenvalue weighted by Gasteiger charge is 2.15. The molecule has 2 heterocycles. The van der Waals surface area contributed by atoms with Crippen molar-refractivity contribution in [3.8, 4) is 5.88 Å². The maximum absolute atomic E-state index is 5.56. The van der Waals surface area contributed by atoms with Gasteiger partial charge in [-0.3, -0.25) is 0 Å². The van der Waals surface area contributed by atoms with E-state index in [0.717, 1.165) is 44.1 Å². The van der Waals surface area contributed by atoms with Crippen molar-refractivity contribution in [1.29, 1.82) is 0 Å². The van der Waals surface area contributed by atoms with Gasteiger partial charge in [0, 0.05) is 19.2 Å². The van der Waals surface area contributed by atoms with Gasteiger partial charge < -0.3 is 14.8 Å². The van der Waals surface area contributed by atoms with E-state index >= 15 is 0 Å². The summed E-state index contributed by atoms with van der Waals surface area (Å²) in [5, 5.41) is 3.29. The fourth-order valence-electron chi connectivity index (χ4n) is 1.94. The minimum atomic E-state index is 0.306. The molecule has 1 aliphatic rings. The number of hydrogen-bond acceptors (Lipinski definition) is 5. The summed E-state index contributed by atoms with van der Waals surface area (Å²) in [4.78, 5) is 8.59. The first kappa shape index (κ1) is 13.1. The van der Waals surface area contributed by atoms with E-state index in [1.165, 1.54) is 0 Å². The van der Waals surface area contributed by atoms with E-state index in [-0.39, 0.29) is 0 Å². The van der Waals surface area contributed by atoms with Crippen LogP contribution < -0.4 is 10.1 Å². The van der Waals surface area contributed by atoms with Crippen molar-refractivity contribution in [2.75, 3.05) is 25.1 Å². The highest BCUT2D eigenvalue weighted by atomic mass is 16.5. The standard InChI is InChI=1S/C13H21N3O2/c1-3-6-18-13-8-12(15-10(2)16-13)14-9-11-5-4-7-17-11/h8,11H,3-7,9H2,1-2H3,(H,14,15,16). The Bertz CT molecular complexity index is 378. The molecule has 1 saturated heterocycles. The normalized spacial score (nSPS) is 18.9. The van der Waals surface area contributed by atoms with Crippen LogP contribution in [0, 0.1) is 6.92 Å². The van der Waals surface area contributed by atoms with Crippen LogP contribution in [0.2, 0.25) is 0 Å². The van der Waals surface area contributed by atoms with Gasteiger partial charge in [0.2, 0.25) is 5.88 Å². The number of aryl methyl sites for hydroxylation is 1. The zero-order valence-electron chi connectivity index (χ0n) is 11.1. The van der Waals surface area contributed by atoms with Gasteiger partial charge in [-0.05, 0) is 26.2 Å². The minimum absolute atomic E-state index is 0.306. The molecule has 0 radical (unpaired) electrons. The summed E-state index contributed by atoms with van der Waals surface area (Å²) in [5.41, 5.74) is 0. The molecule has 1 N–H and O–H groups in total. The molecule has 5 nitrogen and oxygen atoms in total. The fourth-order valence-corrected chi connectivity index (χ4v) is 1.94. The summed E-state index contributed by atoms with van der Waals surface area (Å²) in [6.45, 7) is 6.30. The molecule has 1 aromatic rings. The summed E-state index contributed by atoms with van der Waals surface area (Å²) in [5.74, 6) is 2.17. The van der Waals surface area contributed by atoms with Crippen molar-refractivity contribution in [3.63, 3.8) is 0 Å². The molecule has 1 atom stereocenters. The van der Waals surface area contributed by atoms with Crippen molar-refractivity contribution < 1.29 is 9.47 Å². The van der Waals surface area contributed by atoms with Crippen molar-refractivity contribution in [2.45, 2.75) is 39.2 Å². The molecule has 0 aliphatic carbocycles. The van der Waals surface area contributed by atoms with Crippen molar-refractivity contribution in [3.05, 3.63) is 11.9 Å². The maximum Gasteiger partial charge on any atom is 0.218 e. The first-order valence-corrected chi connectivity index (χ1v) is 6.62. The molecule has 0 aromatic carbocycles. The summed E-state index contributed by atoms with van der Waals surface area (Å²) in [6, 6.07) is 1.84. The monoisotopic (exact) mass is 251 g/mol. The van der Waals surface area contributed by atoms with Crippen LogP contribution in [-0.2, 0) is 4.74 Å². The summed E-state index contributed by atoms with van der Waals surface area (Å²) in [6.07, 6.45) is 3.55. The van der Waals surface area contributed by atoms with Gasteiger partial charge in [-0.25, -0.2) is 4.98 Å². The van der Waals surface area contributed by atoms with Crippen LogP contribution in [0.1, 0.15) is 32.0 Å². The summed E-state index contributed by atoms with van der Waals surface area (Å²) < 4.78 is 11.1. The largest absolute Gasteiger partial charge is 0.478 e. The Morgan fingerprint density at radius 3 is 3.11 bits per heavy atom. The molecule has 1 unspecified atom stereocenters. The molecule has 1 aliphatic heterocycles. The van der Waals surface area contributed by atoms with Crippen LogP contribution in [0.15, 0.2) is 6.07 Å². The lowest BCUT2D eigenvalue weighted by atomic mass is 10.2. The van der Waals surface area contributed by atoms with E-state index in [0.29, 0.717) is 18.6 Å². The zero-order valence-corrected chi connectivity index (χ0v) is 11.1. The lowest BCUT2D eigenvalue weighted by molar-refractivity contribution is 0.120. The van der Waals surface area contributed by atoms with Gasteiger partial charge in [0.1, 0.15) is 11.6 Å². The van der Waals surface area contributed by atoms with E-state index in [1.807, 2.05) is 13.0 Å². The lowest BCUT2D eigenvalue weighted by Crippen LogP contribution is -2.19. The van der Waals surface area contributed by atoms with Gasteiger partial charge in [-0.1, -0.05) is 6.92 Å². The Morgan fingerprint density at radius 2 is 2.39 bits per heavy atom. The number of hydrogen-bond donors (Lipinski definition) is 1. The number of anilines is 1. The van der Waals surface area contributed by atoms with Crippen LogP contribution in [-0.4, -0.2) is 35.8 Å². The van der Waals surface area contributed by atoms with E-state index in [4.69, 9.17) is 9.47 Å². The molecule has 100 valence electrons. The molecule has 0 bridgehead atoms. The van der Waals surface area contributed by atoms with E-state index in [2.05, 4.69) is 22.2 Å². The van der Waals surface area contributed by atoms with Crippen LogP contribution in [0.5, 0.6) is 5.88 Å². The summed E-state index contributed by atoms with van der Waals surface area (Å²) >= 11 is 0. The third-order valence-electron chi connectivity index (χ3n) is 2.80. The molecule has 2 rings (SSSR count). The van der Waals surface area contributed by atoms with Gasteiger partial charge in [-0.2, -0.15) is 4.98 Å². The maximum atomic E-state index is 5.56. The molecule has 1 fully saturated rings. The van der Waals surface area contributed by atoms with Gasteiger partial charge in [-0.15, -0.1) is 0 Å². The second-order valence-electron chi connectivity index (χ2n) is 4.50. The van der Waals surface area contributed by atoms with E-state index < -0.39 is 0 Å². The second kappa shape index (κ2) is 6.54. The van der Waals surface area contributed by atoms with Crippen LogP contribution in [0.4, 0.5) is 5.82 Å². The second-order valence-corrected chi connectivity index (χ2v) is 4.50. The number of ether oxygens (including phenoxy) is 2. The Kier molecular flexibility index (Phi) is 4.75. The Hall–Kier alpha value is -1.36. The first-order chi connectivity index (χ1) is 8.78. The third kappa shape index (κ3) is 3.84. The quantitative estimate of drug-likeness (QED) is 0.839. The van der Waals surface area contributed by atoms with Crippen molar-refractivity contribution in [2.24, 2.45) is 0 Å². The molecular weight excluding hydrogens is 230 g/mol. The summed E-state index contributed by atoms with van der Waals surface area (Å²) in [7, 11) is 0. The Balaban J connectivity index is 1.91. The molecule has 18 heavy (non-hydrogen) atoms. The van der Waals surface area contributed by atoms with Crippen LogP contribution in [0.25, 0.3) is 0 Å². The topological polar surface area (TPSA) is 56.3 Å². The average Bonchev–Trinajstić information content (AvgIpc) is 2.86. The molecule has 0 spiro atoms. The number of nitrogens with zero attached hydrogens (tertiary/aromatic N) is 2. The van der Waals surface area contributed by atoms with Gasteiger partial charge in [0.25, 0.3) is 0 Å². The predicted molar refractivity (Wildman–Crippen MR) is 70.0 cm³/mol. The number of aromatic nitrogens is 2.